The van der Waals surface area contributed by atoms with Gasteiger partial charge in [-0.25, -0.2) is 8.42 Å². The summed E-state index contributed by atoms with van der Waals surface area (Å²) < 4.78 is 27.6. The molecular weight excluding hydrogens is 286 g/mol. The second-order valence-electron chi connectivity index (χ2n) is 5.76. The third-order valence-electron chi connectivity index (χ3n) is 4.04. The van der Waals surface area contributed by atoms with Gasteiger partial charge < -0.3 is 5.43 Å². The smallest absolute Gasteiger partial charge is 0.243 e. The number of nitrogens with one attached hydrogen (secondary N) is 1. The van der Waals surface area contributed by atoms with Gasteiger partial charge in [-0.3, -0.25) is 5.84 Å². The number of anilines is 1. The van der Waals surface area contributed by atoms with Crippen LogP contribution in [0.2, 0.25) is 0 Å². The molecule has 118 valence electrons. The Hall–Kier alpha value is -1.11. The Labute approximate surface area is 127 Å². The van der Waals surface area contributed by atoms with Crippen molar-refractivity contribution in [2.24, 2.45) is 5.84 Å². The van der Waals surface area contributed by atoms with Crippen LogP contribution in [0, 0.1) is 13.8 Å². The average molecular weight is 311 g/mol. The highest BCUT2D eigenvalue weighted by molar-refractivity contribution is 7.89. The van der Waals surface area contributed by atoms with Crippen molar-refractivity contribution in [3.63, 3.8) is 0 Å². The first-order chi connectivity index (χ1) is 9.96. The van der Waals surface area contributed by atoms with Gasteiger partial charge in [-0.2, -0.15) is 4.31 Å². The molecule has 21 heavy (non-hydrogen) atoms. The van der Waals surface area contributed by atoms with E-state index in [1.807, 2.05) is 13.8 Å². The minimum absolute atomic E-state index is 0.432. The summed E-state index contributed by atoms with van der Waals surface area (Å²) in [6.07, 6.45) is 5.32. The number of nitrogen functional groups attached to an aromatic ring is 1. The molecule has 1 saturated heterocycles. The molecule has 1 aliphatic rings. The standard InChI is InChI=1S/C15H25N3O2S/c1-12-10-14(17-16)11-13(2)15(12)21(19,20)18-8-6-4-3-5-7-9-18/h10-11,17H,3-9,16H2,1-2H3. The molecule has 6 heteroatoms. The number of nitrogens with zero attached hydrogens (tertiary/aromatic N) is 1. The first-order valence-corrected chi connectivity index (χ1v) is 8.99. The molecule has 1 aromatic rings. The van der Waals surface area contributed by atoms with Gasteiger partial charge in [0.2, 0.25) is 10.0 Å². The molecule has 0 aliphatic carbocycles. The van der Waals surface area contributed by atoms with Crippen LogP contribution >= 0.6 is 0 Å². The van der Waals surface area contributed by atoms with Gasteiger partial charge in [-0.15, -0.1) is 0 Å². The van der Waals surface area contributed by atoms with Crippen molar-refractivity contribution in [1.29, 1.82) is 0 Å². The molecule has 0 bridgehead atoms. The fraction of sp³-hybridized carbons (Fsp3) is 0.600. The van der Waals surface area contributed by atoms with E-state index in [0.29, 0.717) is 18.0 Å². The van der Waals surface area contributed by atoms with Crippen LogP contribution in [0.4, 0.5) is 5.69 Å². The number of sulfonamides is 1. The summed E-state index contributed by atoms with van der Waals surface area (Å²) in [5, 5.41) is 0. The van der Waals surface area contributed by atoms with Gasteiger partial charge in [-0.1, -0.05) is 19.3 Å². The largest absolute Gasteiger partial charge is 0.324 e. The highest BCUT2D eigenvalue weighted by atomic mass is 32.2. The van der Waals surface area contributed by atoms with E-state index in [9.17, 15) is 8.42 Å². The monoisotopic (exact) mass is 311 g/mol. The van der Waals surface area contributed by atoms with Gasteiger partial charge in [0.05, 0.1) is 4.90 Å². The molecule has 0 radical (unpaired) electrons. The SMILES string of the molecule is Cc1cc(NN)cc(C)c1S(=O)(=O)N1CCCCCCC1. The van der Waals surface area contributed by atoms with Crippen molar-refractivity contribution < 1.29 is 8.42 Å². The number of rotatable bonds is 3. The van der Waals surface area contributed by atoms with Crippen LogP contribution < -0.4 is 11.3 Å². The second kappa shape index (κ2) is 6.77. The lowest BCUT2D eigenvalue weighted by molar-refractivity contribution is 0.364. The molecule has 0 saturated carbocycles. The van der Waals surface area contributed by atoms with Crippen LogP contribution in [0.15, 0.2) is 17.0 Å². The number of nitrogens with two attached hydrogens (primary N) is 1. The van der Waals surface area contributed by atoms with Crippen molar-refractivity contribution in [1.82, 2.24) is 4.31 Å². The molecule has 5 nitrogen and oxygen atoms in total. The highest BCUT2D eigenvalue weighted by Gasteiger charge is 2.28. The van der Waals surface area contributed by atoms with E-state index in [-0.39, 0.29) is 0 Å². The molecule has 0 spiro atoms. The maximum absolute atomic E-state index is 13.0. The fourth-order valence-corrected chi connectivity index (χ4v) is 4.96. The summed E-state index contributed by atoms with van der Waals surface area (Å²) in [6, 6.07) is 3.56. The van der Waals surface area contributed by atoms with E-state index in [4.69, 9.17) is 5.84 Å². The van der Waals surface area contributed by atoms with Crippen LogP contribution in [0.1, 0.15) is 43.2 Å². The van der Waals surface area contributed by atoms with Crippen molar-refractivity contribution in [3.05, 3.63) is 23.3 Å². The molecule has 0 aromatic heterocycles. The summed E-state index contributed by atoms with van der Waals surface area (Å²) >= 11 is 0. The van der Waals surface area contributed by atoms with Gasteiger partial charge in [0, 0.05) is 18.8 Å². The van der Waals surface area contributed by atoms with E-state index < -0.39 is 10.0 Å². The fourth-order valence-electron chi connectivity index (χ4n) is 3.03. The summed E-state index contributed by atoms with van der Waals surface area (Å²) in [5.74, 6) is 5.42. The molecule has 0 unspecified atom stereocenters. The van der Waals surface area contributed by atoms with E-state index in [1.54, 1.807) is 16.4 Å². The number of aryl methyl sites for hydroxylation is 2. The van der Waals surface area contributed by atoms with Crippen LogP contribution in [0.25, 0.3) is 0 Å². The van der Waals surface area contributed by atoms with Gasteiger partial charge >= 0.3 is 0 Å². The third kappa shape index (κ3) is 3.56. The van der Waals surface area contributed by atoms with Crippen molar-refractivity contribution in [2.45, 2.75) is 50.8 Å². The van der Waals surface area contributed by atoms with E-state index in [2.05, 4.69) is 5.43 Å². The lowest BCUT2D eigenvalue weighted by Crippen LogP contribution is -2.34. The summed E-state index contributed by atoms with van der Waals surface area (Å²) in [7, 11) is -3.42. The normalized spacial score (nSPS) is 18.0. The summed E-state index contributed by atoms with van der Waals surface area (Å²) in [4.78, 5) is 0.432. The molecular formula is C15H25N3O2S. The van der Waals surface area contributed by atoms with Crippen LogP contribution in [0.5, 0.6) is 0 Å². The zero-order valence-electron chi connectivity index (χ0n) is 12.9. The summed E-state index contributed by atoms with van der Waals surface area (Å²) in [5.41, 5.74) is 4.79. The minimum Gasteiger partial charge on any atom is -0.324 e. The van der Waals surface area contributed by atoms with Crippen LogP contribution in [-0.2, 0) is 10.0 Å². The van der Waals surface area contributed by atoms with Crippen LogP contribution in [-0.4, -0.2) is 25.8 Å². The summed E-state index contributed by atoms with van der Waals surface area (Å²) in [6.45, 7) is 4.89. The van der Waals surface area contributed by atoms with Gasteiger partial charge in [0.1, 0.15) is 0 Å². The molecule has 1 fully saturated rings. The number of hydrogen-bond acceptors (Lipinski definition) is 4. The molecule has 2 rings (SSSR count). The van der Waals surface area contributed by atoms with E-state index in [1.165, 1.54) is 6.42 Å². The number of benzene rings is 1. The Bertz CT molecular complexity index is 568. The zero-order valence-corrected chi connectivity index (χ0v) is 13.7. The quantitative estimate of drug-likeness (QED) is 0.664. The maximum atomic E-state index is 13.0. The average Bonchev–Trinajstić information content (AvgIpc) is 2.36. The zero-order chi connectivity index (χ0) is 15.5. The van der Waals surface area contributed by atoms with E-state index in [0.717, 1.165) is 42.5 Å². The Morgan fingerprint density at radius 2 is 1.48 bits per heavy atom. The predicted octanol–water partition coefficient (Wildman–Crippen LogP) is 2.54. The molecule has 0 amide bonds. The topological polar surface area (TPSA) is 75.4 Å². The first kappa shape index (κ1) is 16.3. The number of hydrogen-bond donors (Lipinski definition) is 2. The lowest BCUT2D eigenvalue weighted by Gasteiger charge is -2.26. The van der Waals surface area contributed by atoms with Crippen LogP contribution in [0.3, 0.4) is 0 Å². The predicted molar refractivity (Wildman–Crippen MR) is 85.6 cm³/mol. The third-order valence-corrected chi connectivity index (χ3v) is 6.24. The Kier molecular flexibility index (Phi) is 5.24. The Morgan fingerprint density at radius 3 is 1.95 bits per heavy atom. The van der Waals surface area contributed by atoms with Crippen molar-refractivity contribution in [3.8, 4) is 0 Å². The highest BCUT2D eigenvalue weighted by Crippen LogP contribution is 2.28. The number of hydrazine groups is 1. The van der Waals surface area contributed by atoms with Gasteiger partial charge in [0.15, 0.2) is 0 Å². The first-order valence-electron chi connectivity index (χ1n) is 7.55. The van der Waals surface area contributed by atoms with Crippen molar-refractivity contribution in [2.75, 3.05) is 18.5 Å². The molecule has 3 N–H and O–H groups in total. The van der Waals surface area contributed by atoms with Crippen molar-refractivity contribution >= 4 is 15.7 Å². The van der Waals surface area contributed by atoms with E-state index >= 15 is 0 Å². The maximum Gasteiger partial charge on any atom is 0.243 e. The Morgan fingerprint density at radius 1 is 1.00 bits per heavy atom. The molecule has 1 heterocycles. The minimum atomic E-state index is -3.42. The van der Waals surface area contributed by atoms with Gasteiger partial charge in [-0.05, 0) is 49.9 Å². The molecule has 1 aromatic carbocycles. The molecule has 0 atom stereocenters. The molecule has 1 aliphatic heterocycles. The lowest BCUT2D eigenvalue weighted by atomic mass is 10.1. The Balaban J connectivity index is 2.38. The second-order valence-corrected chi connectivity index (χ2v) is 7.63. The van der Waals surface area contributed by atoms with Gasteiger partial charge in [0.25, 0.3) is 0 Å².